The van der Waals surface area contributed by atoms with Crippen molar-refractivity contribution in [2.24, 2.45) is 0 Å². The van der Waals surface area contributed by atoms with Crippen LogP contribution in [0.25, 0.3) is 101 Å². The van der Waals surface area contributed by atoms with Crippen LogP contribution in [0.1, 0.15) is 25.0 Å². The third-order valence-electron chi connectivity index (χ3n) is 12.6. The summed E-state index contributed by atoms with van der Waals surface area (Å²) in [5.74, 6) is 1.93. The zero-order valence-corrected chi connectivity index (χ0v) is 35.2. The van der Waals surface area contributed by atoms with Crippen LogP contribution in [0.2, 0.25) is 0 Å². The Morgan fingerprint density at radius 2 is 0.667 bits per heavy atom. The summed E-state index contributed by atoms with van der Waals surface area (Å²) < 4.78 is 0. The molecule has 1 aromatic heterocycles. The molecule has 9 aromatic carbocycles. The summed E-state index contributed by atoms with van der Waals surface area (Å²) in [6, 6.07) is 80.2. The van der Waals surface area contributed by atoms with Gasteiger partial charge in [0.15, 0.2) is 17.5 Å². The van der Waals surface area contributed by atoms with Crippen LogP contribution in [0.5, 0.6) is 0 Å². The maximum atomic E-state index is 5.01. The largest absolute Gasteiger partial charge is 0.208 e. The minimum Gasteiger partial charge on any atom is -0.208 e. The molecule has 10 aromatic rings. The predicted molar refractivity (Wildman–Crippen MR) is 261 cm³/mol. The summed E-state index contributed by atoms with van der Waals surface area (Å²) in [5.41, 5.74) is 19.9. The zero-order valence-electron chi connectivity index (χ0n) is 35.2. The molecule has 3 nitrogen and oxygen atoms in total. The molecule has 0 spiro atoms. The normalized spacial score (nSPS) is 12.4. The van der Waals surface area contributed by atoms with E-state index in [2.05, 4.69) is 178 Å². The van der Waals surface area contributed by atoms with E-state index in [1.54, 1.807) is 0 Å². The minimum absolute atomic E-state index is 0.0629. The molecule has 0 saturated carbocycles. The van der Waals surface area contributed by atoms with E-state index >= 15 is 0 Å². The Balaban J connectivity index is 1.04. The fraction of sp³-hybridized carbons (Fsp3) is 0.0500. The van der Waals surface area contributed by atoms with Crippen LogP contribution >= 0.6 is 0 Å². The zero-order chi connectivity index (χ0) is 42.3. The Morgan fingerprint density at radius 1 is 0.254 bits per heavy atom. The van der Waals surface area contributed by atoms with Crippen LogP contribution < -0.4 is 0 Å². The van der Waals surface area contributed by atoms with E-state index in [1.807, 2.05) is 60.7 Å². The van der Waals surface area contributed by atoms with E-state index in [1.165, 1.54) is 61.2 Å². The van der Waals surface area contributed by atoms with Crippen molar-refractivity contribution in [3.63, 3.8) is 0 Å². The average molecular weight is 806 g/mol. The first-order valence-corrected chi connectivity index (χ1v) is 21.6. The van der Waals surface area contributed by atoms with Gasteiger partial charge >= 0.3 is 0 Å². The van der Waals surface area contributed by atoms with E-state index in [9.17, 15) is 0 Å². The Labute approximate surface area is 369 Å². The van der Waals surface area contributed by atoms with Gasteiger partial charge in [-0.05, 0) is 102 Å². The Kier molecular flexibility index (Phi) is 9.51. The van der Waals surface area contributed by atoms with Crippen LogP contribution in [0.15, 0.2) is 224 Å². The number of aromatic nitrogens is 3. The smallest absolute Gasteiger partial charge is 0.164 e. The standard InChI is InChI=1S/C60H43N3/c1-60(2)54-29-16-15-28-50(54)53-37-47(34-35-55(53)60)52-39-49(40-18-7-3-8-19-40)38-51(56(52)43-20-9-4-10-21-43)42-32-30-41(31-33-42)46-26-17-27-48(36-46)59-62-57(44-22-11-5-12-23-44)61-58(63-59)45-24-13-6-14-25-45/h3-39H,1-2H3. The molecule has 11 rings (SSSR count). The maximum Gasteiger partial charge on any atom is 0.164 e. The number of benzene rings is 9. The summed E-state index contributed by atoms with van der Waals surface area (Å²) in [4.78, 5) is 14.9. The Bertz CT molecular complexity index is 3210. The van der Waals surface area contributed by atoms with Crippen LogP contribution in [-0.4, -0.2) is 15.0 Å². The van der Waals surface area contributed by atoms with Gasteiger partial charge in [-0.25, -0.2) is 15.0 Å². The number of hydrogen-bond donors (Lipinski definition) is 0. The SMILES string of the molecule is CC1(C)c2ccccc2-c2cc(-c3cc(-c4ccccc4)cc(-c4ccc(-c5cccc(-c6nc(-c7ccccc7)nc(-c7ccccc7)n6)c5)cc4)c3-c3ccccc3)ccc21. The van der Waals surface area contributed by atoms with Gasteiger partial charge in [-0.2, -0.15) is 0 Å². The first-order chi connectivity index (χ1) is 31.0. The average Bonchev–Trinajstić information content (AvgIpc) is 3.59. The molecule has 0 saturated heterocycles. The highest BCUT2D eigenvalue weighted by Crippen LogP contribution is 2.51. The van der Waals surface area contributed by atoms with Gasteiger partial charge in [-0.3, -0.25) is 0 Å². The molecule has 0 atom stereocenters. The summed E-state index contributed by atoms with van der Waals surface area (Å²) in [7, 11) is 0. The lowest BCUT2D eigenvalue weighted by atomic mass is 9.81. The second kappa shape index (κ2) is 15.8. The summed E-state index contributed by atoms with van der Waals surface area (Å²) in [5, 5.41) is 0. The molecule has 0 N–H and O–H groups in total. The summed E-state index contributed by atoms with van der Waals surface area (Å²) >= 11 is 0. The topological polar surface area (TPSA) is 38.7 Å². The summed E-state index contributed by atoms with van der Waals surface area (Å²) in [6.07, 6.45) is 0. The highest BCUT2D eigenvalue weighted by atomic mass is 15.0. The van der Waals surface area contributed by atoms with Crippen molar-refractivity contribution in [1.29, 1.82) is 0 Å². The second-order valence-corrected chi connectivity index (χ2v) is 16.8. The molecule has 3 heteroatoms. The molecule has 63 heavy (non-hydrogen) atoms. The molecular formula is C60H43N3. The fourth-order valence-corrected chi connectivity index (χ4v) is 9.32. The van der Waals surface area contributed by atoms with Gasteiger partial charge in [0.2, 0.25) is 0 Å². The van der Waals surface area contributed by atoms with Crippen LogP contribution in [0, 0.1) is 0 Å². The Hall–Kier alpha value is -8.01. The molecular weight excluding hydrogens is 763 g/mol. The quantitative estimate of drug-likeness (QED) is 0.154. The summed E-state index contributed by atoms with van der Waals surface area (Å²) in [6.45, 7) is 4.69. The second-order valence-electron chi connectivity index (χ2n) is 16.8. The first-order valence-electron chi connectivity index (χ1n) is 21.6. The van der Waals surface area contributed by atoms with Gasteiger partial charge in [0.05, 0.1) is 0 Å². The molecule has 0 aliphatic heterocycles. The van der Waals surface area contributed by atoms with Crippen LogP contribution in [0.3, 0.4) is 0 Å². The molecule has 0 radical (unpaired) electrons. The van der Waals surface area contributed by atoms with E-state index in [4.69, 9.17) is 15.0 Å². The number of nitrogens with zero attached hydrogens (tertiary/aromatic N) is 3. The molecule has 0 fully saturated rings. The number of hydrogen-bond acceptors (Lipinski definition) is 3. The van der Waals surface area contributed by atoms with E-state index in [0.717, 1.165) is 33.4 Å². The lowest BCUT2D eigenvalue weighted by molar-refractivity contribution is 0.660. The van der Waals surface area contributed by atoms with Crippen LogP contribution in [0.4, 0.5) is 0 Å². The molecule has 0 unspecified atom stereocenters. The van der Waals surface area contributed by atoms with Crippen molar-refractivity contribution >= 4 is 0 Å². The van der Waals surface area contributed by atoms with Gasteiger partial charge in [-0.15, -0.1) is 0 Å². The highest BCUT2D eigenvalue weighted by molar-refractivity contribution is 5.99. The number of fused-ring (bicyclic) bond motifs is 3. The lowest BCUT2D eigenvalue weighted by Gasteiger charge is -2.22. The fourth-order valence-electron chi connectivity index (χ4n) is 9.32. The van der Waals surface area contributed by atoms with Gasteiger partial charge in [0.1, 0.15) is 0 Å². The van der Waals surface area contributed by atoms with Gasteiger partial charge in [-0.1, -0.05) is 214 Å². The van der Waals surface area contributed by atoms with E-state index in [0.29, 0.717) is 17.5 Å². The third kappa shape index (κ3) is 7.04. The van der Waals surface area contributed by atoms with Crippen molar-refractivity contribution in [3.05, 3.63) is 236 Å². The van der Waals surface area contributed by atoms with Crippen molar-refractivity contribution < 1.29 is 0 Å². The molecule has 0 amide bonds. The molecule has 1 heterocycles. The van der Waals surface area contributed by atoms with Crippen molar-refractivity contribution in [3.8, 4) is 101 Å². The van der Waals surface area contributed by atoms with E-state index in [-0.39, 0.29) is 5.41 Å². The highest BCUT2D eigenvalue weighted by Gasteiger charge is 2.35. The minimum atomic E-state index is -0.0629. The molecule has 1 aliphatic rings. The Morgan fingerprint density at radius 3 is 1.29 bits per heavy atom. The van der Waals surface area contributed by atoms with Crippen molar-refractivity contribution in [2.45, 2.75) is 19.3 Å². The van der Waals surface area contributed by atoms with E-state index < -0.39 is 0 Å². The monoisotopic (exact) mass is 805 g/mol. The maximum absolute atomic E-state index is 5.01. The number of rotatable bonds is 8. The van der Waals surface area contributed by atoms with Crippen molar-refractivity contribution in [1.82, 2.24) is 15.0 Å². The third-order valence-corrected chi connectivity index (χ3v) is 12.6. The van der Waals surface area contributed by atoms with Crippen LogP contribution in [-0.2, 0) is 5.41 Å². The molecule has 298 valence electrons. The van der Waals surface area contributed by atoms with Gasteiger partial charge in [0, 0.05) is 22.1 Å². The van der Waals surface area contributed by atoms with Crippen molar-refractivity contribution in [2.75, 3.05) is 0 Å². The van der Waals surface area contributed by atoms with Gasteiger partial charge < -0.3 is 0 Å². The molecule has 1 aliphatic carbocycles. The van der Waals surface area contributed by atoms with Gasteiger partial charge in [0.25, 0.3) is 0 Å². The molecule has 0 bridgehead atoms. The first kappa shape index (κ1) is 38.0. The predicted octanol–water partition coefficient (Wildman–Crippen LogP) is 15.5. The lowest BCUT2D eigenvalue weighted by Crippen LogP contribution is -2.14.